The van der Waals surface area contributed by atoms with Crippen molar-refractivity contribution in [1.29, 1.82) is 0 Å². The molecule has 1 fully saturated rings. The highest BCUT2D eigenvalue weighted by Crippen LogP contribution is 2.44. The first-order valence-corrected chi connectivity index (χ1v) is 22.4. The van der Waals surface area contributed by atoms with E-state index in [0.29, 0.717) is 5.75 Å². The van der Waals surface area contributed by atoms with Crippen LogP contribution in [0.4, 0.5) is 0 Å². The lowest BCUT2D eigenvalue weighted by molar-refractivity contribution is -0.268. The van der Waals surface area contributed by atoms with E-state index in [-0.39, 0.29) is 42.6 Å². The third-order valence-electron chi connectivity index (χ3n) is 10.7. The number of amides is 1. The highest BCUT2D eigenvalue weighted by molar-refractivity contribution is 7.99. The molecule has 1 aliphatic heterocycles. The fourth-order valence-corrected chi connectivity index (χ4v) is 9.66. The van der Waals surface area contributed by atoms with E-state index < -0.39 is 28.3 Å². The van der Waals surface area contributed by atoms with Crippen molar-refractivity contribution in [2.75, 3.05) is 12.9 Å². The molecule has 0 aromatic heterocycles. The maximum atomic E-state index is 13.7. The maximum absolute atomic E-state index is 13.7. The highest BCUT2D eigenvalue weighted by Gasteiger charge is 2.38. The number of aliphatic hydroxyl groups is 1. The summed E-state index contributed by atoms with van der Waals surface area (Å²) >= 11 is 1.69. The maximum Gasteiger partial charge on any atom is 0.241 e. The lowest BCUT2D eigenvalue weighted by Crippen LogP contribution is -2.47. The number of nitrogens with one attached hydrogen (secondary N) is 2. The molecular formula is C49H50N2O7S2. The third kappa shape index (κ3) is 10.7. The van der Waals surface area contributed by atoms with Crippen LogP contribution in [0, 0.1) is 12.8 Å². The molecule has 1 amide bonds. The van der Waals surface area contributed by atoms with Crippen molar-refractivity contribution in [3.05, 3.63) is 185 Å². The van der Waals surface area contributed by atoms with Gasteiger partial charge in [0.15, 0.2) is 6.29 Å². The number of methoxy groups -OCH3 is 1. The molecule has 3 N–H and O–H groups in total. The molecule has 1 heterocycles. The Hall–Kier alpha value is -5.27. The standard InChI is InChI=1S/C49H50N2O7S2/c1-33-19-25-42(26-20-33)60(54,55)51-43(28-35-11-5-4-6-12-35)48(53)50-30-37-13-9-14-39(27-37)40-15-10-16-41(29-40)49-57-45(32-59-46-18-8-7-17-44(46)56-3)34(2)47(58-49)38-23-21-36(31-52)22-24-38/h4-27,29,34,43,45,47,49,51-52H,28,30-32H2,1-3H3,(H,50,53). The number of benzene rings is 6. The second-order valence-corrected chi connectivity index (χ2v) is 17.8. The molecule has 6 aromatic rings. The number of thioether (sulfide) groups is 1. The Bertz CT molecular complexity index is 2460. The lowest BCUT2D eigenvalue weighted by Gasteiger charge is -2.41. The van der Waals surface area contributed by atoms with Gasteiger partial charge in [-0.3, -0.25) is 4.79 Å². The van der Waals surface area contributed by atoms with Gasteiger partial charge in [0.25, 0.3) is 0 Å². The van der Waals surface area contributed by atoms with Crippen LogP contribution in [0.2, 0.25) is 0 Å². The summed E-state index contributed by atoms with van der Waals surface area (Å²) in [6.45, 7) is 4.20. The molecule has 5 atom stereocenters. The first-order chi connectivity index (χ1) is 29.1. The van der Waals surface area contributed by atoms with E-state index in [1.54, 1.807) is 43.1 Å². The first-order valence-electron chi connectivity index (χ1n) is 20.0. The van der Waals surface area contributed by atoms with Gasteiger partial charge in [-0.25, -0.2) is 8.42 Å². The van der Waals surface area contributed by atoms with Crippen molar-refractivity contribution in [3.8, 4) is 16.9 Å². The minimum Gasteiger partial charge on any atom is -0.496 e. The fourth-order valence-electron chi connectivity index (χ4n) is 7.27. The molecule has 0 radical (unpaired) electrons. The van der Waals surface area contributed by atoms with Crippen molar-refractivity contribution >= 4 is 27.7 Å². The van der Waals surface area contributed by atoms with Crippen molar-refractivity contribution in [3.63, 3.8) is 0 Å². The average Bonchev–Trinajstić information content (AvgIpc) is 3.28. The van der Waals surface area contributed by atoms with E-state index in [1.807, 2.05) is 122 Å². The molecule has 0 saturated carbocycles. The van der Waals surface area contributed by atoms with Crippen LogP contribution in [0.25, 0.3) is 11.1 Å². The van der Waals surface area contributed by atoms with Crippen LogP contribution in [0.3, 0.4) is 0 Å². The zero-order valence-electron chi connectivity index (χ0n) is 33.9. The summed E-state index contributed by atoms with van der Waals surface area (Å²) in [4.78, 5) is 14.9. The van der Waals surface area contributed by atoms with Gasteiger partial charge < -0.3 is 24.6 Å². The quantitative estimate of drug-likeness (QED) is 0.0826. The number of hydrogen-bond donors (Lipinski definition) is 3. The number of carbonyl (C=O) groups is 1. The summed E-state index contributed by atoms with van der Waals surface area (Å²) in [5.41, 5.74) is 7.22. The third-order valence-corrected chi connectivity index (χ3v) is 13.3. The second-order valence-electron chi connectivity index (χ2n) is 15.0. The van der Waals surface area contributed by atoms with Crippen LogP contribution in [-0.4, -0.2) is 44.4 Å². The molecule has 11 heteroatoms. The molecule has 0 bridgehead atoms. The largest absolute Gasteiger partial charge is 0.496 e. The van der Waals surface area contributed by atoms with Crippen LogP contribution in [0.1, 0.15) is 52.7 Å². The minimum absolute atomic E-state index is 0.0173. The summed E-state index contributed by atoms with van der Waals surface area (Å²) in [6.07, 6.45) is -0.894. The smallest absolute Gasteiger partial charge is 0.241 e. The first kappa shape index (κ1) is 42.8. The van der Waals surface area contributed by atoms with Crippen LogP contribution < -0.4 is 14.8 Å². The molecule has 1 saturated heterocycles. The van der Waals surface area contributed by atoms with E-state index >= 15 is 0 Å². The van der Waals surface area contributed by atoms with Gasteiger partial charge in [0.1, 0.15) is 11.8 Å². The Balaban J connectivity index is 1.08. The number of aryl methyl sites for hydroxylation is 1. The SMILES string of the molecule is COc1ccccc1SCC1OC(c2cccc(-c3cccc(CNC(=O)C(Cc4ccccc4)NS(=O)(=O)c4ccc(C)cc4)c3)c2)OC(c2ccc(CO)cc2)C1C. The van der Waals surface area contributed by atoms with Crippen molar-refractivity contribution in [2.45, 2.75) is 67.8 Å². The number of para-hydroxylation sites is 1. The summed E-state index contributed by atoms with van der Waals surface area (Å²) < 4.78 is 48.6. The van der Waals surface area contributed by atoms with Gasteiger partial charge in [0, 0.05) is 28.7 Å². The minimum atomic E-state index is -3.98. The van der Waals surface area contributed by atoms with Gasteiger partial charge in [-0.1, -0.05) is 128 Å². The molecular weight excluding hydrogens is 793 g/mol. The van der Waals surface area contributed by atoms with E-state index in [1.165, 1.54) is 0 Å². The molecule has 60 heavy (non-hydrogen) atoms. The van der Waals surface area contributed by atoms with E-state index in [4.69, 9.17) is 14.2 Å². The molecule has 5 unspecified atom stereocenters. The highest BCUT2D eigenvalue weighted by atomic mass is 32.2. The Kier molecular flexibility index (Phi) is 14.2. The van der Waals surface area contributed by atoms with Crippen LogP contribution in [0.5, 0.6) is 5.75 Å². The lowest BCUT2D eigenvalue weighted by atomic mass is 9.91. The van der Waals surface area contributed by atoms with E-state index in [0.717, 1.165) is 55.2 Å². The normalized spacial score (nSPS) is 18.4. The number of ether oxygens (including phenoxy) is 3. The zero-order chi connectivity index (χ0) is 42.1. The predicted molar refractivity (Wildman–Crippen MR) is 236 cm³/mol. The van der Waals surface area contributed by atoms with Crippen molar-refractivity contribution < 1.29 is 32.5 Å². The van der Waals surface area contributed by atoms with E-state index in [2.05, 4.69) is 29.1 Å². The molecule has 9 nitrogen and oxygen atoms in total. The Morgan fingerprint density at radius 2 is 1.45 bits per heavy atom. The van der Waals surface area contributed by atoms with Gasteiger partial charge in [-0.15, -0.1) is 11.8 Å². The molecule has 0 aliphatic carbocycles. The molecule has 310 valence electrons. The fraction of sp³-hybridized carbons (Fsp3) is 0.245. The average molecular weight is 843 g/mol. The number of aliphatic hydroxyl groups excluding tert-OH is 1. The van der Waals surface area contributed by atoms with Crippen LogP contribution >= 0.6 is 11.8 Å². The van der Waals surface area contributed by atoms with Crippen molar-refractivity contribution in [1.82, 2.24) is 10.0 Å². The Morgan fingerprint density at radius 3 is 2.18 bits per heavy atom. The summed E-state index contributed by atoms with van der Waals surface area (Å²) in [5.74, 6) is 1.09. The van der Waals surface area contributed by atoms with Gasteiger partial charge in [0.05, 0.1) is 30.8 Å². The number of rotatable bonds is 16. The number of carbonyl (C=O) groups excluding carboxylic acids is 1. The summed E-state index contributed by atoms with van der Waals surface area (Å²) in [5, 5.41) is 12.7. The zero-order valence-corrected chi connectivity index (χ0v) is 35.5. The molecule has 0 spiro atoms. The van der Waals surface area contributed by atoms with Crippen LogP contribution in [0.15, 0.2) is 161 Å². The second kappa shape index (κ2) is 19.9. The number of hydrogen-bond acceptors (Lipinski definition) is 8. The van der Waals surface area contributed by atoms with Crippen molar-refractivity contribution in [2.24, 2.45) is 5.92 Å². The van der Waals surface area contributed by atoms with E-state index in [9.17, 15) is 18.3 Å². The molecule has 7 rings (SSSR count). The molecule has 1 aliphatic rings. The van der Waals surface area contributed by atoms with Crippen LogP contribution in [-0.2, 0) is 43.9 Å². The summed E-state index contributed by atoms with van der Waals surface area (Å²) in [7, 11) is -2.30. The Morgan fingerprint density at radius 1 is 0.767 bits per heavy atom. The Labute approximate surface area is 357 Å². The summed E-state index contributed by atoms with van der Waals surface area (Å²) in [6, 6.07) is 46.7. The van der Waals surface area contributed by atoms with Gasteiger partial charge >= 0.3 is 0 Å². The monoisotopic (exact) mass is 842 g/mol. The van der Waals surface area contributed by atoms with Gasteiger partial charge in [-0.2, -0.15) is 4.72 Å². The molecule has 6 aromatic carbocycles. The number of sulfonamides is 1. The predicted octanol–water partition coefficient (Wildman–Crippen LogP) is 8.95. The topological polar surface area (TPSA) is 123 Å². The van der Waals surface area contributed by atoms with Gasteiger partial charge in [0.2, 0.25) is 15.9 Å². The van der Waals surface area contributed by atoms with Gasteiger partial charge in [-0.05, 0) is 83.1 Å².